The van der Waals surface area contributed by atoms with Gasteiger partial charge in [-0.15, -0.1) is 0 Å². The van der Waals surface area contributed by atoms with Crippen LogP contribution >= 0.6 is 0 Å². The van der Waals surface area contributed by atoms with Gasteiger partial charge in [-0.1, -0.05) is 78.9 Å². The number of rotatable bonds is 3. The van der Waals surface area contributed by atoms with Gasteiger partial charge in [0.2, 0.25) is 0 Å². The van der Waals surface area contributed by atoms with Crippen molar-refractivity contribution in [2.24, 2.45) is 0 Å². The maximum atomic E-state index is 11.7. The molecule has 1 heterocycles. The molecule has 3 aromatic carbocycles. The van der Waals surface area contributed by atoms with Crippen LogP contribution in [0.1, 0.15) is 23.1 Å². The summed E-state index contributed by atoms with van der Waals surface area (Å²) >= 11 is 0. The molecule has 0 saturated carbocycles. The Labute approximate surface area is 152 Å². The highest BCUT2D eigenvalue weighted by Gasteiger charge is 2.46. The first-order chi connectivity index (χ1) is 12.8. The molecular formula is C23H19NO2. The molecule has 3 nitrogen and oxygen atoms in total. The molecule has 0 aromatic heterocycles. The van der Waals surface area contributed by atoms with Crippen LogP contribution in [0.5, 0.6) is 0 Å². The molecule has 0 unspecified atom stereocenters. The number of fused-ring (bicyclic) bond motifs is 3. The Balaban J connectivity index is 1.78. The molecule has 1 atom stereocenters. The van der Waals surface area contributed by atoms with Gasteiger partial charge in [-0.05, 0) is 27.8 Å². The fraction of sp³-hybridized carbons (Fsp3) is 0.174. The minimum Gasteiger partial charge on any atom is -0.464 e. The number of ether oxygens (including phenoxy) is 1. The summed E-state index contributed by atoms with van der Waals surface area (Å²) in [6.07, 6.45) is 0.402. The van der Waals surface area contributed by atoms with Crippen molar-refractivity contribution in [1.82, 2.24) is 5.32 Å². The van der Waals surface area contributed by atoms with Crippen molar-refractivity contribution >= 4 is 5.97 Å². The topological polar surface area (TPSA) is 38.3 Å². The minimum atomic E-state index is -0.479. The van der Waals surface area contributed by atoms with E-state index in [2.05, 4.69) is 78.1 Å². The fourth-order valence-electron chi connectivity index (χ4n) is 4.38. The zero-order valence-electron chi connectivity index (χ0n) is 14.3. The average molecular weight is 341 g/mol. The number of carbonyl (C=O) groups is 1. The molecule has 3 heteroatoms. The van der Waals surface area contributed by atoms with E-state index in [1.807, 2.05) is 6.07 Å². The summed E-state index contributed by atoms with van der Waals surface area (Å²) < 4.78 is 5.23. The van der Waals surface area contributed by atoms with Crippen LogP contribution in [-0.2, 0) is 15.1 Å². The van der Waals surface area contributed by atoms with Gasteiger partial charge in [0, 0.05) is 0 Å². The van der Waals surface area contributed by atoms with Gasteiger partial charge in [-0.3, -0.25) is 10.1 Å². The molecule has 2 aliphatic rings. The van der Waals surface area contributed by atoms with Crippen molar-refractivity contribution in [3.8, 4) is 11.1 Å². The number of esters is 1. The van der Waals surface area contributed by atoms with Crippen molar-refractivity contribution in [3.63, 3.8) is 0 Å². The van der Waals surface area contributed by atoms with Crippen molar-refractivity contribution in [1.29, 1.82) is 0 Å². The van der Waals surface area contributed by atoms with E-state index in [-0.39, 0.29) is 12.0 Å². The highest BCUT2D eigenvalue weighted by Crippen LogP contribution is 2.51. The first-order valence-electron chi connectivity index (χ1n) is 8.97. The molecule has 0 spiro atoms. The SMILES string of the molecule is O=C1C[C@@H](NC2(c3ccccc3)c3ccccc3-c3ccccc32)CO1. The molecule has 3 aromatic rings. The lowest BCUT2D eigenvalue weighted by atomic mass is 9.80. The van der Waals surface area contributed by atoms with E-state index in [0.29, 0.717) is 13.0 Å². The van der Waals surface area contributed by atoms with E-state index in [1.54, 1.807) is 0 Å². The minimum absolute atomic E-state index is 0.0121. The Bertz CT molecular complexity index is 935. The van der Waals surface area contributed by atoms with Crippen LogP contribution < -0.4 is 5.32 Å². The molecular weight excluding hydrogens is 322 g/mol. The quantitative estimate of drug-likeness (QED) is 0.735. The summed E-state index contributed by atoms with van der Waals surface area (Å²) in [6, 6.07) is 27.5. The van der Waals surface area contributed by atoms with E-state index < -0.39 is 5.54 Å². The second-order valence-electron chi connectivity index (χ2n) is 6.94. The zero-order chi connectivity index (χ0) is 17.6. The van der Waals surface area contributed by atoms with Crippen molar-refractivity contribution in [2.45, 2.75) is 18.0 Å². The monoisotopic (exact) mass is 341 g/mol. The largest absolute Gasteiger partial charge is 0.464 e. The lowest BCUT2D eigenvalue weighted by molar-refractivity contribution is -0.137. The van der Waals surface area contributed by atoms with E-state index in [4.69, 9.17) is 4.74 Å². The van der Waals surface area contributed by atoms with Gasteiger partial charge in [-0.25, -0.2) is 0 Å². The van der Waals surface area contributed by atoms with Crippen LogP contribution in [0.4, 0.5) is 0 Å². The number of carbonyl (C=O) groups excluding carboxylic acids is 1. The second kappa shape index (κ2) is 5.82. The van der Waals surface area contributed by atoms with Gasteiger partial charge in [0.15, 0.2) is 0 Å². The highest BCUT2D eigenvalue weighted by molar-refractivity contribution is 5.83. The number of hydrogen-bond acceptors (Lipinski definition) is 3. The van der Waals surface area contributed by atoms with Gasteiger partial charge in [0.05, 0.1) is 18.0 Å². The Morgan fingerprint density at radius 2 is 1.38 bits per heavy atom. The van der Waals surface area contributed by atoms with Gasteiger partial charge in [0.25, 0.3) is 0 Å². The standard InChI is InChI=1S/C23H19NO2/c25-22-14-17(15-26-22)24-23(16-8-2-1-3-9-16)20-12-6-4-10-18(20)19-11-5-7-13-21(19)23/h1-13,17,24H,14-15H2/t17-/m1/s1. The molecule has 0 radical (unpaired) electrons. The fourth-order valence-corrected chi connectivity index (χ4v) is 4.38. The van der Waals surface area contributed by atoms with Crippen molar-refractivity contribution in [2.75, 3.05) is 6.61 Å². The van der Waals surface area contributed by atoms with Crippen LogP contribution in [0, 0.1) is 0 Å². The third-order valence-electron chi connectivity index (χ3n) is 5.44. The highest BCUT2D eigenvalue weighted by atomic mass is 16.5. The van der Waals surface area contributed by atoms with Crippen molar-refractivity contribution < 1.29 is 9.53 Å². The van der Waals surface area contributed by atoms with Gasteiger partial charge < -0.3 is 4.74 Å². The maximum absolute atomic E-state index is 11.7. The third-order valence-corrected chi connectivity index (χ3v) is 5.44. The molecule has 26 heavy (non-hydrogen) atoms. The number of nitrogens with one attached hydrogen (secondary N) is 1. The van der Waals surface area contributed by atoms with E-state index in [0.717, 1.165) is 0 Å². The Morgan fingerprint density at radius 3 is 1.96 bits per heavy atom. The molecule has 128 valence electrons. The van der Waals surface area contributed by atoms with Gasteiger partial charge in [0.1, 0.15) is 6.61 Å². The maximum Gasteiger partial charge on any atom is 0.307 e. The number of hydrogen-bond donors (Lipinski definition) is 1. The lowest BCUT2D eigenvalue weighted by Crippen LogP contribution is -2.48. The Kier molecular flexibility index (Phi) is 3.44. The van der Waals surface area contributed by atoms with Gasteiger partial charge >= 0.3 is 5.97 Å². The molecule has 1 aliphatic heterocycles. The number of cyclic esters (lactones) is 1. The molecule has 0 bridgehead atoms. The van der Waals surface area contributed by atoms with Crippen LogP contribution in [0.2, 0.25) is 0 Å². The number of benzene rings is 3. The van der Waals surface area contributed by atoms with Crippen LogP contribution in [-0.4, -0.2) is 18.6 Å². The molecule has 1 aliphatic carbocycles. The summed E-state index contributed by atoms with van der Waals surface area (Å²) in [4.78, 5) is 11.7. The molecule has 5 rings (SSSR count). The molecule has 0 amide bonds. The predicted octanol–water partition coefficient (Wildman–Crippen LogP) is 3.86. The predicted molar refractivity (Wildman–Crippen MR) is 101 cm³/mol. The third kappa shape index (κ3) is 2.14. The second-order valence-corrected chi connectivity index (χ2v) is 6.94. The first-order valence-corrected chi connectivity index (χ1v) is 8.97. The zero-order valence-corrected chi connectivity index (χ0v) is 14.3. The first kappa shape index (κ1) is 15.4. The summed E-state index contributed by atoms with van der Waals surface area (Å²) in [5.74, 6) is -0.134. The van der Waals surface area contributed by atoms with E-state index in [9.17, 15) is 4.79 Å². The average Bonchev–Trinajstić information content (AvgIpc) is 3.23. The summed E-state index contributed by atoms with van der Waals surface area (Å²) in [7, 11) is 0. The Morgan fingerprint density at radius 1 is 0.808 bits per heavy atom. The molecule has 1 N–H and O–H groups in total. The molecule has 1 saturated heterocycles. The Hall–Kier alpha value is -2.91. The van der Waals surface area contributed by atoms with Crippen LogP contribution in [0.15, 0.2) is 78.9 Å². The van der Waals surface area contributed by atoms with Crippen LogP contribution in [0.25, 0.3) is 11.1 Å². The van der Waals surface area contributed by atoms with Crippen LogP contribution in [0.3, 0.4) is 0 Å². The van der Waals surface area contributed by atoms with E-state index >= 15 is 0 Å². The summed E-state index contributed by atoms with van der Waals surface area (Å²) in [5.41, 5.74) is 5.64. The van der Waals surface area contributed by atoms with Crippen molar-refractivity contribution in [3.05, 3.63) is 95.6 Å². The molecule has 1 fully saturated rings. The van der Waals surface area contributed by atoms with Gasteiger partial charge in [-0.2, -0.15) is 0 Å². The summed E-state index contributed by atoms with van der Waals surface area (Å²) in [5, 5.41) is 3.80. The normalized spacial score (nSPS) is 19.7. The summed E-state index contributed by atoms with van der Waals surface area (Å²) in [6.45, 7) is 0.414. The lowest BCUT2D eigenvalue weighted by Gasteiger charge is -2.36. The smallest absolute Gasteiger partial charge is 0.307 e. The van der Waals surface area contributed by atoms with E-state index in [1.165, 1.54) is 27.8 Å².